The van der Waals surface area contributed by atoms with Gasteiger partial charge < -0.3 is 10.2 Å². The van der Waals surface area contributed by atoms with Crippen LogP contribution in [0.2, 0.25) is 0 Å². The molecule has 1 aliphatic rings. The van der Waals surface area contributed by atoms with Crippen LogP contribution in [-0.4, -0.2) is 17.5 Å². The number of amides is 2. The lowest BCUT2D eigenvalue weighted by Crippen LogP contribution is -2.37. The first kappa shape index (κ1) is 16.1. The van der Waals surface area contributed by atoms with Gasteiger partial charge in [-0.3, -0.25) is 0 Å². The smallest absolute Gasteiger partial charge is 0.317 e. The van der Waals surface area contributed by atoms with Crippen LogP contribution < -0.4 is 5.32 Å². The average molecular weight is 328 g/mol. The number of nitrogens with zero attached hydrogens (tertiary/aromatic N) is 1. The van der Waals surface area contributed by atoms with E-state index in [1.165, 1.54) is 28.8 Å². The normalized spacial score (nSPS) is 18.5. The molecule has 0 saturated carbocycles. The summed E-state index contributed by atoms with van der Waals surface area (Å²) in [7, 11) is 0. The fourth-order valence-corrected chi connectivity index (χ4v) is 4.24. The van der Waals surface area contributed by atoms with Crippen molar-refractivity contribution in [2.24, 2.45) is 0 Å². The van der Waals surface area contributed by atoms with Gasteiger partial charge in [-0.05, 0) is 61.4 Å². The van der Waals surface area contributed by atoms with Crippen molar-refractivity contribution in [3.8, 4) is 0 Å². The van der Waals surface area contributed by atoms with Gasteiger partial charge in [0, 0.05) is 17.1 Å². The van der Waals surface area contributed by atoms with E-state index in [1.54, 1.807) is 11.3 Å². The van der Waals surface area contributed by atoms with Crippen LogP contribution in [0.1, 0.15) is 47.7 Å². The molecule has 2 aromatic rings. The van der Waals surface area contributed by atoms with E-state index in [1.807, 2.05) is 17.0 Å². The molecule has 122 valence electrons. The molecule has 1 aliphatic heterocycles. The molecule has 0 spiro atoms. The zero-order chi connectivity index (χ0) is 16.2. The molecule has 0 aliphatic carbocycles. The Labute approximate surface area is 142 Å². The molecule has 1 fully saturated rings. The van der Waals surface area contributed by atoms with Crippen molar-refractivity contribution in [2.75, 3.05) is 11.9 Å². The number of aryl methyl sites for hydroxylation is 2. The molecule has 23 heavy (non-hydrogen) atoms. The van der Waals surface area contributed by atoms with Gasteiger partial charge in [-0.15, -0.1) is 11.3 Å². The number of hydrogen-bond acceptors (Lipinski definition) is 2. The fourth-order valence-electron chi connectivity index (χ4n) is 3.37. The summed E-state index contributed by atoms with van der Waals surface area (Å²) in [6, 6.07) is 10.6. The Morgan fingerprint density at radius 3 is 2.65 bits per heavy atom. The summed E-state index contributed by atoms with van der Waals surface area (Å²) in [5, 5.41) is 5.20. The highest BCUT2D eigenvalue weighted by Gasteiger charge is 2.27. The summed E-state index contributed by atoms with van der Waals surface area (Å²) < 4.78 is 0. The predicted octanol–water partition coefficient (Wildman–Crippen LogP) is 5.51. The summed E-state index contributed by atoms with van der Waals surface area (Å²) in [6.45, 7) is 4.95. The number of benzene rings is 1. The van der Waals surface area contributed by atoms with Crippen LogP contribution in [0.25, 0.3) is 0 Å². The SMILES string of the molecule is Cc1cc(C)cc(NC(=O)N2CCCCC[C@@H]2c2cccs2)c1. The number of anilines is 1. The number of carbonyl (C=O) groups is 1. The predicted molar refractivity (Wildman–Crippen MR) is 97.2 cm³/mol. The van der Waals surface area contributed by atoms with Crippen LogP contribution in [0.15, 0.2) is 35.7 Å². The van der Waals surface area contributed by atoms with Crippen molar-refractivity contribution in [1.82, 2.24) is 4.90 Å². The lowest BCUT2D eigenvalue weighted by atomic mass is 10.1. The van der Waals surface area contributed by atoms with Gasteiger partial charge in [0.05, 0.1) is 6.04 Å². The molecule has 2 heterocycles. The minimum absolute atomic E-state index is 0.0234. The third-order valence-corrected chi connectivity index (χ3v) is 5.33. The van der Waals surface area contributed by atoms with E-state index >= 15 is 0 Å². The van der Waals surface area contributed by atoms with Crippen molar-refractivity contribution < 1.29 is 4.79 Å². The second kappa shape index (κ2) is 7.18. The maximum Gasteiger partial charge on any atom is 0.322 e. The number of urea groups is 1. The van der Waals surface area contributed by atoms with Crippen molar-refractivity contribution >= 4 is 23.1 Å². The molecule has 1 aromatic carbocycles. The molecule has 1 saturated heterocycles. The van der Waals surface area contributed by atoms with E-state index in [0.717, 1.165) is 25.1 Å². The molecule has 4 heteroatoms. The Balaban J connectivity index is 1.80. The van der Waals surface area contributed by atoms with Gasteiger partial charge in [0.25, 0.3) is 0 Å². The number of carbonyl (C=O) groups excluding carboxylic acids is 1. The number of thiophene rings is 1. The maximum absolute atomic E-state index is 12.9. The van der Waals surface area contributed by atoms with Crippen LogP contribution in [0, 0.1) is 13.8 Å². The molecule has 3 rings (SSSR count). The van der Waals surface area contributed by atoms with Crippen molar-refractivity contribution in [1.29, 1.82) is 0 Å². The number of nitrogens with one attached hydrogen (secondary N) is 1. The van der Waals surface area contributed by atoms with Crippen LogP contribution in [0.4, 0.5) is 10.5 Å². The Kier molecular flexibility index (Phi) is 5.01. The lowest BCUT2D eigenvalue weighted by Gasteiger charge is -2.29. The average Bonchev–Trinajstić information content (AvgIpc) is 2.90. The number of likely N-dealkylation sites (tertiary alicyclic amines) is 1. The highest BCUT2D eigenvalue weighted by Crippen LogP contribution is 2.33. The largest absolute Gasteiger partial charge is 0.322 e. The summed E-state index contributed by atoms with van der Waals surface area (Å²) in [5.74, 6) is 0. The van der Waals surface area contributed by atoms with E-state index in [4.69, 9.17) is 0 Å². The second-order valence-electron chi connectivity index (χ2n) is 6.38. The molecule has 2 amide bonds. The summed E-state index contributed by atoms with van der Waals surface area (Å²) in [4.78, 5) is 16.2. The van der Waals surface area contributed by atoms with Gasteiger partial charge in [0.15, 0.2) is 0 Å². The van der Waals surface area contributed by atoms with Gasteiger partial charge in [-0.1, -0.05) is 25.0 Å². The Morgan fingerprint density at radius 1 is 1.17 bits per heavy atom. The van der Waals surface area contributed by atoms with E-state index in [-0.39, 0.29) is 12.1 Å². The van der Waals surface area contributed by atoms with Gasteiger partial charge in [-0.2, -0.15) is 0 Å². The number of hydrogen-bond donors (Lipinski definition) is 1. The minimum Gasteiger partial charge on any atom is -0.317 e. The molecule has 0 radical (unpaired) electrons. The summed E-state index contributed by atoms with van der Waals surface area (Å²) in [5.41, 5.74) is 3.23. The van der Waals surface area contributed by atoms with E-state index in [2.05, 4.69) is 42.7 Å². The molecular formula is C19H24N2OS. The van der Waals surface area contributed by atoms with Gasteiger partial charge in [0.1, 0.15) is 0 Å². The van der Waals surface area contributed by atoms with E-state index < -0.39 is 0 Å². The zero-order valence-corrected chi connectivity index (χ0v) is 14.7. The fraction of sp³-hybridized carbons (Fsp3) is 0.421. The monoisotopic (exact) mass is 328 g/mol. The zero-order valence-electron chi connectivity index (χ0n) is 13.8. The third kappa shape index (κ3) is 3.94. The van der Waals surface area contributed by atoms with Crippen LogP contribution in [-0.2, 0) is 0 Å². The number of rotatable bonds is 2. The summed E-state index contributed by atoms with van der Waals surface area (Å²) in [6.07, 6.45) is 4.54. The Morgan fingerprint density at radius 2 is 1.96 bits per heavy atom. The minimum atomic E-state index is 0.0234. The first-order chi connectivity index (χ1) is 11.1. The van der Waals surface area contributed by atoms with Crippen molar-refractivity contribution in [2.45, 2.75) is 45.6 Å². The Hall–Kier alpha value is -1.81. The van der Waals surface area contributed by atoms with E-state index in [0.29, 0.717) is 0 Å². The lowest BCUT2D eigenvalue weighted by molar-refractivity contribution is 0.190. The van der Waals surface area contributed by atoms with Crippen LogP contribution >= 0.6 is 11.3 Å². The first-order valence-corrected chi connectivity index (χ1v) is 9.21. The highest BCUT2D eigenvalue weighted by atomic mass is 32.1. The van der Waals surface area contributed by atoms with Gasteiger partial charge >= 0.3 is 6.03 Å². The molecule has 0 unspecified atom stereocenters. The second-order valence-corrected chi connectivity index (χ2v) is 7.36. The third-order valence-electron chi connectivity index (χ3n) is 4.36. The van der Waals surface area contributed by atoms with E-state index in [9.17, 15) is 4.79 Å². The molecule has 1 aromatic heterocycles. The van der Waals surface area contributed by atoms with Crippen molar-refractivity contribution in [3.05, 3.63) is 51.7 Å². The molecule has 1 atom stereocenters. The molecular weight excluding hydrogens is 304 g/mol. The Bertz CT molecular complexity index is 646. The van der Waals surface area contributed by atoms with Gasteiger partial charge in [0.2, 0.25) is 0 Å². The standard InChI is InChI=1S/C19H24N2OS/c1-14-11-15(2)13-16(12-14)20-19(22)21-9-5-3-4-7-17(21)18-8-6-10-23-18/h6,8,10-13,17H,3-5,7,9H2,1-2H3,(H,20,22)/t17-/m1/s1. The van der Waals surface area contributed by atoms with Crippen molar-refractivity contribution in [3.63, 3.8) is 0 Å². The van der Waals surface area contributed by atoms with Crippen LogP contribution in [0.3, 0.4) is 0 Å². The highest BCUT2D eigenvalue weighted by molar-refractivity contribution is 7.10. The topological polar surface area (TPSA) is 32.3 Å². The molecule has 0 bridgehead atoms. The maximum atomic E-state index is 12.9. The molecule has 3 nitrogen and oxygen atoms in total. The quantitative estimate of drug-likeness (QED) is 0.774. The van der Waals surface area contributed by atoms with Gasteiger partial charge in [-0.25, -0.2) is 4.79 Å². The first-order valence-electron chi connectivity index (χ1n) is 8.33. The molecule has 1 N–H and O–H groups in total. The summed E-state index contributed by atoms with van der Waals surface area (Å²) >= 11 is 1.75. The van der Waals surface area contributed by atoms with Crippen LogP contribution in [0.5, 0.6) is 0 Å².